The minimum absolute atomic E-state index is 0.124. The van der Waals surface area contributed by atoms with Crippen molar-refractivity contribution < 1.29 is 28.6 Å². The molecule has 1 aliphatic rings. The van der Waals surface area contributed by atoms with Crippen molar-refractivity contribution in [2.24, 2.45) is 5.73 Å². The Morgan fingerprint density at radius 1 is 1.03 bits per heavy atom. The van der Waals surface area contributed by atoms with Crippen molar-refractivity contribution in [2.75, 3.05) is 13.7 Å². The number of ether oxygens (including phenoxy) is 3. The van der Waals surface area contributed by atoms with Gasteiger partial charge in [0.1, 0.15) is 23.0 Å². The number of ketones is 1. The molecule has 35 heavy (non-hydrogen) atoms. The summed E-state index contributed by atoms with van der Waals surface area (Å²) in [6, 6.07) is 14.1. The Morgan fingerprint density at radius 2 is 1.60 bits per heavy atom. The summed E-state index contributed by atoms with van der Waals surface area (Å²) >= 11 is 0. The largest absolute Gasteiger partial charge is 0.497 e. The maximum Gasteiger partial charge on any atom is 0.417 e. The lowest BCUT2D eigenvalue weighted by molar-refractivity contribution is -0.141. The van der Waals surface area contributed by atoms with Crippen LogP contribution < -0.4 is 10.5 Å². The van der Waals surface area contributed by atoms with Gasteiger partial charge in [-0.1, -0.05) is 42.5 Å². The van der Waals surface area contributed by atoms with Gasteiger partial charge in [-0.2, -0.15) is 0 Å². The maximum atomic E-state index is 13.7. The van der Waals surface area contributed by atoms with Gasteiger partial charge in [0, 0.05) is 6.42 Å². The lowest BCUT2D eigenvalue weighted by atomic mass is 9.93. The van der Waals surface area contributed by atoms with Crippen molar-refractivity contribution in [1.82, 2.24) is 4.90 Å². The first-order valence-corrected chi connectivity index (χ1v) is 11.6. The molecule has 0 unspecified atom stereocenters. The summed E-state index contributed by atoms with van der Waals surface area (Å²) in [7, 11) is 1.57. The average molecular weight is 483 g/mol. The average Bonchev–Trinajstić information content (AvgIpc) is 3.56. The smallest absolute Gasteiger partial charge is 0.417 e. The fourth-order valence-corrected chi connectivity index (χ4v) is 3.70. The lowest BCUT2D eigenvalue weighted by Gasteiger charge is -2.33. The Kier molecular flexibility index (Phi) is 7.97. The molecule has 1 fully saturated rings. The summed E-state index contributed by atoms with van der Waals surface area (Å²) in [5.41, 5.74) is 5.95. The minimum atomic E-state index is -1.13. The first-order valence-electron chi connectivity index (χ1n) is 11.6. The van der Waals surface area contributed by atoms with E-state index in [9.17, 15) is 14.4 Å². The molecule has 0 aromatic heterocycles. The molecule has 2 aromatic carbocycles. The fraction of sp³-hybridized carbons (Fsp3) is 0.444. The van der Waals surface area contributed by atoms with Gasteiger partial charge in [0.05, 0.1) is 19.8 Å². The second-order valence-electron chi connectivity index (χ2n) is 9.94. The standard InChI is InChI=1S/C27H34N2O6/c1-26(2,3)35-25(32)29(24(31)21(28)15-19-11-13-20(33-5)14-12-19)22(23(30)27(4)17-34-27)16-18-9-7-6-8-10-18/h6-14,21-22H,15-17,28H2,1-5H3/t21-,22-,27+/m0/s1. The molecule has 1 aliphatic heterocycles. The van der Waals surface area contributed by atoms with Crippen LogP contribution in [-0.2, 0) is 31.9 Å². The van der Waals surface area contributed by atoms with E-state index in [0.717, 1.165) is 16.0 Å². The Hall–Kier alpha value is -3.23. The number of nitrogens with two attached hydrogens (primary N) is 1. The zero-order chi connectivity index (χ0) is 25.8. The number of amides is 2. The Bertz CT molecular complexity index is 1040. The van der Waals surface area contributed by atoms with Crippen LogP contribution in [0.1, 0.15) is 38.8 Å². The number of epoxide rings is 1. The van der Waals surface area contributed by atoms with Crippen molar-refractivity contribution in [3.8, 4) is 5.75 Å². The third-order valence-corrected chi connectivity index (χ3v) is 5.74. The van der Waals surface area contributed by atoms with Crippen molar-refractivity contribution in [2.45, 2.75) is 63.8 Å². The zero-order valence-electron chi connectivity index (χ0n) is 20.9. The van der Waals surface area contributed by atoms with Crippen molar-refractivity contribution in [1.29, 1.82) is 0 Å². The monoisotopic (exact) mass is 482 g/mol. The second-order valence-corrected chi connectivity index (χ2v) is 9.94. The zero-order valence-corrected chi connectivity index (χ0v) is 20.9. The predicted molar refractivity (Wildman–Crippen MR) is 131 cm³/mol. The van der Waals surface area contributed by atoms with Crippen LogP contribution in [0, 0.1) is 0 Å². The molecule has 3 rings (SSSR count). The summed E-state index contributed by atoms with van der Waals surface area (Å²) < 4.78 is 16.1. The van der Waals surface area contributed by atoms with Crippen molar-refractivity contribution in [3.05, 3.63) is 65.7 Å². The first kappa shape index (κ1) is 26.4. The van der Waals surface area contributed by atoms with Crippen LogP contribution in [0.4, 0.5) is 4.79 Å². The number of carbonyl (C=O) groups excluding carboxylic acids is 3. The Labute approximate surface area is 206 Å². The highest BCUT2D eigenvalue weighted by Gasteiger charge is 2.53. The minimum Gasteiger partial charge on any atom is -0.497 e. The number of Topliss-reactive ketones (excluding diaryl/α,β-unsaturated/α-hetero) is 1. The highest BCUT2D eigenvalue weighted by atomic mass is 16.6. The Balaban J connectivity index is 1.94. The molecular formula is C27H34N2O6. The molecule has 3 atom stereocenters. The molecule has 0 saturated carbocycles. The summed E-state index contributed by atoms with van der Waals surface area (Å²) in [4.78, 5) is 41.4. The topological polar surface area (TPSA) is 111 Å². The highest BCUT2D eigenvalue weighted by Crippen LogP contribution is 2.31. The van der Waals surface area contributed by atoms with Gasteiger partial charge < -0.3 is 19.9 Å². The fourth-order valence-electron chi connectivity index (χ4n) is 3.70. The number of benzene rings is 2. The molecule has 2 amide bonds. The number of imide groups is 1. The van der Waals surface area contributed by atoms with E-state index in [1.54, 1.807) is 59.1 Å². The molecule has 2 N–H and O–H groups in total. The van der Waals surface area contributed by atoms with E-state index in [0.29, 0.717) is 5.75 Å². The van der Waals surface area contributed by atoms with Crippen LogP contribution >= 0.6 is 0 Å². The van der Waals surface area contributed by atoms with Gasteiger partial charge in [-0.3, -0.25) is 9.59 Å². The van der Waals surface area contributed by atoms with Gasteiger partial charge in [-0.15, -0.1) is 0 Å². The van der Waals surface area contributed by atoms with Crippen LogP contribution in [0.5, 0.6) is 5.75 Å². The van der Waals surface area contributed by atoms with E-state index < -0.39 is 35.3 Å². The van der Waals surface area contributed by atoms with E-state index in [1.807, 2.05) is 30.3 Å². The van der Waals surface area contributed by atoms with Gasteiger partial charge in [0.2, 0.25) is 5.91 Å². The molecule has 0 aliphatic carbocycles. The molecule has 1 heterocycles. The summed E-state index contributed by atoms with van der Waals surface area (Å²) in [6.07, 6.45) is -0.618. The molecule has 0 spiro atoms. The van der Waals surface area contributed by atoms with E-state index in [-0.39, 0.29) is 25.2 Å². The van der Waals surface area contributed by atoms with Crippen LogP contribution in [0.2, 0.25) is 0 Å². The Morgan fingerprint density at radius 3 is 2.11 bits per heavy atom. The number of methoxy groups -OCH3 is 1. The summed E-state index contributed by atoms with van der Waals surface area (Å²) in [5, 5.41) is 0. The van der Waals surface area contributed by atoms with Gasteiger partial charge in [-0.25, -0.2) is 9.69 Å². The normalized spacial score (nSPS) is 18.8. The highest BCUT2D eigenvalue weighted by molar-refractivity contribution is 6.03. The van der Waals surface area contributed by atoms with E-state index in [1.165, 1.54) is 0 Å². The van der Waals surface area contributed by atoms with Gasteiger partial charge in [0.25, 0.3) is 0 Å². The molecular weight excluding hydrogens is 448 g/mol. The van der Waals surface area contributed by atoms with Gasteiger partial charge in [-0.05, 0) is 57.4 Å². The lowest BCUT2D eigenvalue weighted by Crippen LogP contribution is -2.58. The number of rotatable bonds is 9. The molecule has 0 radical (unpaired) electrons. The predicted octanol–water partition coefficient (Wildman–Crippen LogP) is 3.30. The first-order chi connectivity index (χ1) is 16.4. The number of hydrogen-bond donors (Lipinski definition) is 1. The quantitative estimate of drug-likeness (QED) is 0.546. The third kappa shape index (κ3) is 6.90. The van der Waals surface area contributed by atoms with Crippen molar-refractivity contribution in [3.63, 3.8) is 0 Å². The van der Waals surface area contributed by atoms with Crippen LogP contribution in [-0.4, -0.2) is 59.7 Å². The number of nitrogens with zero attached hydrogens (tertiary/aromatic N) is 1. The summed E-state index contributed by atoms with van der Waals surface area (Å²) in [5.74, 6) is -0.374. The second kappa shape index (κ2) is 10.6. The van der Waals surface area contributed by atoms with E-state index >= 15 is 0 Å². The summed E-state index contributed by atoms with van der Waals surface area (Å²) in [6.45, 7) is 6.98. The third-order valence-electron chi connectivity index (χ3n) is 5.74. The molecule has 2 aromatic rings. The van der Waals surface area contributed by atoms with E-state index in [2.05, 4.69) is 0 Å². The van der Waals surface area contributed by atoms with Crippen LogP contribution in [0.15, 0.2) is 54.6 Å². The van der Waals surface area contributed by atoms with Crippen LogP contribution in [0.25, 0.3) is 0 Å². The maximum absolute atomic E-state index is 13.7. The SMILES string of the molecule is COc1ccc(C[C@H](N)C(=O)N(C(=O)OC(C)(C)C)[C@@H](Cc2ccccc2)C(=O)[C@@]2(C)CO2)cc1. The number of hydrogen-bond acceptors (Lipinski definition) is 7. The van der Waals surface area contributed by atoms with E-state index in [4.69, 9.17) is 19.9 Å². The van der Waals surface area contributed by atoms with Gasteiger partial charge >= 0.3 is 6.09 Å². The molecule has 0 bridgehead atoms. The van der Waals surface area contributed by atoms with Crippen LogP contribution in [0.3, 0.4) is 0 Å². The van der Waals surface area contributed by atoms with Crippen molar-refractivity contribution >= 4 is 17.8 Å². The number of carbonyl (C=O) groups is 3. The molecule has 1 saturated heterocycles. The molecule has 8 nitrogen and oxygen atoms in total. The van der Waals surface area contributed by atoms with Gasteiger partial charge in [0.15, 0.2) is 5.78 Å². The molecule has 8 heteroatoms. The molecule has 188 valence electrons.